The largest absolute Gasteiger partial charge is 0.370 e. The van der Waals surface area contributed by atoms with Crippen LogP contribution in [0.3, 0.4) is 0 Å². The molecule has 94 valence electrons. The minimum atomic E-state index is -3.44. The van der Waals surface area contributed by atoms with Gasteiger partial charge in [0.1, 0.15) is 0 Å². The van der Waals surface area contributed by atoms with Crippen molar-refractivity contribution in [1.82, 2.24) is 10.0 Å². The van der Waals surface area contributed by atoms with Crippen LogP contribution in [0.15, 0.2) is 40.2 Å². The van der Waals surface area contributed by atoms with Gasteiger partial charge in [-0.2, -0.15) is 0 Å². The maximum absolute atomic E-state index is 11.7. The van der Waals surface area contributed by atoms with Crippen LogP contribution in [-0.2, 0) is 10.0 Å². The summed E-state index contributed by atoms with van der Waals surface area (Å²) in [6.07, 6.45) is 0. The fraction of sp³-hybridized carbons (Fsp3) is 0.300. The Hall–Kier alpha value is -1.60. The van der Waals surface area contributed by atoms with Gasteiger partial charge in [-0.3, -0.25) is 4.99 Å². The Balaban J connectivity index is 2.47. The number of nitrogens with zero attached hydrogens (tertiary/aromatic N) is 1. The first-order chi connectivity index (χ1) is 8.06. The second-order valence-corrected chi connectivity index (χ2v) is 5.01. The Morgan fingerprint density at radius 3 is 2.53 bits per heavy atom. The first-order valence-electron chi connectivity index (χ1n) is 5.07. The topological polar surface area (TPSA) is 96.6 Å². The van der Waals surface area contributed by atoms with Crippen LogP contribution in [0, 0.1) is 0 Å². The molecule has 0 fully saturated rings. The second-order valence-electron chi connectivity index (χ2n) is 3.25. The van der Waals surface area contributed by atoms with Gasteiger partial charge >= 0.3 is 0 Å². The zero-order valence-electron chi connectivity index (χ0n) is 9.55. The molecule has 0 heterocycles. The molecule has 6 nitrogen and oxygen atoms in total. The van der Waals surface area contributed by atoms with Gasteiger partial charge in [0, 0.05) is 20.1 Å². The number of hydrogen-bond acceptors (Lipinski definition) is 3. The van der Waals surface area contributed by atoms with Crippen molar-refractivity contribution in [3.63, 3.8) is 0 Å². The minimum absolute atomic E-state index is 0.243. The molecule has 0 bridgehead atoms. The number of sulfonamides is 1. The summed E-state index contributed by atoms with van der Waals surface area (Å²) in [7, 11) is -1.88. The molecular weight excluding hydrogens is 240 g/mol. The van der Waals surface area contributed by atoms with Crippen molar-refractivity contribution in [3.05, 3.63) is 30.3 Å². The number of guanidine groups is 1. The lowest BCUT2D eigenvalue weighted by molar-refractivity contribution is 0.581. The number of nitrogens with two attached hydrogens (primary N) is 1. The second kappa shape index (κ2) is 6.21. The molecule has 1 rings (SSSR count). The summed E-state index contributed by atoms with van der Waals surface area (Å²) < 4.78 is 25.9. The Morgan fingerprint density at radius 2 is 1.94 bits per heavy atom. The third-order valence-electron chi connectivity index (χ3n) is 2.02. The van der Waals surface area contributed by atoms with E-state index in [-0.39, 0.29) is 17.4 Å². The van der Waals surface area contributed by atoms with E-state index in [1.54, 1.807) is 25.2 Å². The van der Waals surface area contributed by atoms with Gasteiger partial charge in [-0.1, -0.05) is 18.2 Å². The van der Waals surface area contributed by atoms with E-state index >= 15 is 0 Å². The summed E-state index contributed by atoms with van der Waals surface area (Å²) in [5.74, 6) is 0.281. The Bertz CT molecular complexity index is 470. The smallest absolute Gasteiger partial charge is 0.240 e. The molecule has 0 aliphatic rings. The van der Waals surface area contributed by atoms with Crippen LogP contribution in [-0.4, -0.2) is 34.5 Å². The summed E-state index contributed by atoms with van der Waals surface area (Å²) in [5.41, 5.74) is 5.40. The molecule has 0 radical (unpaired) electrons. The molecule has 0 aromatic heterocycles. The van der Waals surface area contributed by atoms with E-state index in [1.807, 2.05) is 0 Å². The van der Waals surface area contributed by atoms with Crippen LogP contribution in [0.4, 0.5) is 0 Å². The Morgan fingerprint density at radius 1 is 1.29 bits per heavy atom. The van der Waals surface area contributed by atoms with Gasteiger partial charge in [0.25, 0.3) is 0 Å². The van der Waals surface area contributed by atoms with E-state index in [2.05, 4.69) is 15.0 Å². The number of nitrogens with one attached hydrogen (secondary N) is 2. The van der Waals surface area contributed by atoms with Crippen molar-refractivity contribution in [2.45, 2.75) is 4.90 Å². The Labute approximate surface area is 101 Å². The zero-order valence-corrected chi connectivity index (χ0v) is 10.4. The van der Waals surface area contributed by atoms with Crippen molar-refractivity contribution >= 4 is 16.0 Å². The maximum Gasteiger partial charge on any atom is 0.240 e. The van der Waals surface area contributed by atoms with Gasteiger partial charge in [-0.05, 0) is 12.1 Å². The molecule has 0 aliphatic heterocycles. The molecule has 0 atom stereocenters. The van der Waals surface area contributed by atoms with Crippen LogP contribution < -0.4 is 15.8 Å². The number of aliphatic imine (C=N–C) groups is 1. The lowest BCUT2D eigenvalue weighted by Crippen LogP contribution is -2.38. The number of rotatable bonds is 5. The molecule has 0 unspecified atom stereocenters. The minimum Gasteiger partial charge on any atom is -0.370 e. The van der Waals surface area contributed by atoms with Crippen LogP contribution >= 0.6 is 0 Å². The molecule has 0 spiro atoms. The standard InChI is InChI=1S/C10H16N4O2S/c1-12-10(11)13-7-8-14-17(15,16)9-5-3-2-4-6-9/h2-6,14H,7-8H2,1H3,(H3,11,12,13). The van der Waals surface area contributed by atoms with Gasteiger partial charge < -0.3 is 11.1 Å². The molecule has 17 heavy (non-hydrogen) atoms. The number of hydrogen-bond donors (Lipinski definition) is 3. The van der Waals surface area contributed by atoms with Crippen LogP contribution in [0.5, 0.6) is 0 Å². The van der Waals surface area contributed by atoms with Gasteiger partial charge in [-0.15, -0.1) is 0 Å². The lowest BCUT2D eigenvalue weighted by Gasteiger charge is -2.07. The highest BCUT2D eigenvalue weighted by molar-refractivity contribution is 7.89. The van der Waals surface area contributed by atoms with Crippen molar-refractivity contribution in [1.29, 1.82) is 0 Å². The molecule has 0 aliphatic carbocycles. The molecule has 1 aromatic carbocycles. The highest BCUT2D eigenvalue weighted by Gasteiger charge is 2.11. The molecule has 7 heteroatoms. The predicted octanol–water partition coefficient (Wildman–Crippen LogP) is -0.501. The van der Waals surface area contributed by atoms with Gasteiger partial charge in [0.15, 0.2) is 5.96 Å². The van der Waals surface area contributed by atoms with E-state index in [0.29, 0.717) is 6.54 Å². The monoisotopic (exact) mass is 256 g/mol. The third-order valence-corrected chi connectivity index (χ3v) is 3.49. The molecule has 0 amide bonds. The van der Waals surface area contributed by atoms with E-state index < -0.39 is 10.0 Å². The highest BCUT2D eigenvalue weighted by atomic mass is 32.2. The fourth-order valence-corrected chi connectivity index (χ4v) is 2.19. The van der Waals surface area contributed by atoms with E-state index in [4.69, 9.17) is 5.73 Å². The summed E-state index contributed by atoms with van der Waals surface area (Å²) in [5, 5.41) is 2.76. The average molecular weight is 256 g/mol. The summed E-state index contributed by atoms with van der Waals surface area (Å²) in [6.45, 7) is 0.628. The van der Waals surface area contributed by atoms with Gasteiger partial charge in [-0.25, -0.2) is 13.1 Å². The zero-order chi connectivity index (χ0) is 12.7. The van der Waals surface area contributed by atoms with Crippen LogP contribution in [0.1, 0.15) is 0 Å². The first-order valence-corrected chi connectivity index (χ1v) is 6.55. The maximum atomic E-state index is 11.7. The molecule has 0 saturated carbocycles. The van der Waals surface area contributed by atoms with Crippen molar-refractivity contribution in [2.24, 2.45) is 10.7 Å². The third kappa shape index (κ3) is 4.41. The quantitative estimate of drug-likeness (QED) is 0.376. The predicted molar refractivity (Wildman–Crippen MR) is 67.2 cm³/mol. The Kier molecular flexibility index (Phi) is 4.92. The van der Waals surface area contributed by atoms with Crippen molar-refractivity contribution < 1.29 is 8.42 Å². The normalized spacial score (nSPS) is 12.4. The van der Waals surface area contributed by atoms with E-state index in [0.717, 1.165) is 0 Å². The van der Waals surface area contributed by atoms with Crippen LogP contribution in [0.2, 0.25) is 0 Å². The molecule has 4 N–H and O–H groups in total. The first kappa shape index (κ1) is 13.5. The van der Waals surface area contributed by atoms with Crippen molar-refractivity contribution in [2.75, 3.05) is 20.1 Å². The summed E-state index contributed by atoms with van der Waals surface area (Å²) >= 11 is 0. The molecule has 1 aromatic rings. The SMILES string of the molecule is CN=C(N)NCCNS(=O)(=O)c1ccccc1. The fourth-order valence-electron chi connectivity index (χ4n) is 1.14. The lowest BCUT2D eigenvalue weighted by atomic mass is 10.4. The number of benzene rings is 1. The van der Waals surface area contributed by atoms with Crippen LogP contribution in [0.25, 0.3) is 0 Å². The van der Waals surface area contributed by atoms with Crippen molar-refractivity contribution in [3.8, 4) is 0 Å². The summed E-state index contributed by atoms with van der Waals surface area (Å²) in [4.78, 5) is 3.93. The van der Waals surface area contributed by atoms with E-state index in [1.165, 1.54) is 12.1 Å². The molecular formula is C10H16N4O2S. The molecule has 0 saturated heterocycles. The average Bonchev–Trinajstić information content (AvgIpc) is 2.35. The van der Waals surface area contributed by atoms with Gasteiger partial charge in [0.2, 0.25) is 10.0 Å². The van der Waals surface area contributed by atoms with E-state index in [9.17, 15) is 8.42 Å². The van der Waals surface area contributed by atoms with Gasteiger partial charge in [0.05, 0.1) is 4.90 Å². The summed E-state index contributed by atoms with van der Waals surface area (Å²) in [6, 6.07) is 8.19. The highest BCUT2D eigenvalue weighted by Crippen LogP contribution is 2.05.